The Bertz CT molecular complexity index is 446. The van der Waals surface area contributed by atoms with Crippen LogP contribution >= 0.6 is 11.3 Å². The standard InChI is InChI=1S/C15H25N3O2S/c1-5-18(9-13-7-6-8-21-13)15(20)11-17(4)10-14(19)16-12(2)3/h6-8,12H,5,9-11H2,1-4H3,(H,16,19). The van der Waals surface area contributed by atoms with Crippen molar-refractivity contribution in [3.8, 4) is 0 Å². The maximum atomic E-state index is 12.3. The van der Waals surface area contributed by atoms with Crippen LogP contribution in [0.2, 0.25) is 0 Å². The number of hydrogen-bond donors (Lipinski definition) is 1. The molecular formula is C15H25N3O2S. The Hall–Kier alpha value is -1.40. The predicted molar refractivity (Wildman–Crippen MR) is 86.2 cm³/mol. The topological polar surface area (TPSA) is 52.7 Å². The van der Waals surface area contributed by atoms with E-state index in [2.05, 4.69) is 5.32 Å². The zero-order valence-electron chi connectivity index (χ0n) is 13.3. The molecule has 6 heteroatoms. The third-order valence-electron chi connectivity index (χ3n) is 2.93. The van der Waals surface area contributed by atoms with Crippen LogP contribution in [0, 0.1) is 0 Å². The fourth-order valence-electron chi connectivity index (χ4n) is 1.97. The first-order chi connectivity index (χ1) is 9.92. The van der Waals surface area contributed by atoms with Crippen molar-refractivity contribution in [1.29, 1.82) is 0 Å². The molecule has 0 unspecified atom stereocenters. The fraction of sp³-hybridized carbons (Fsp3) is 0.600. The molecule has 1 aromatic heterocycles. The number of hydrogen-bond acceptors (Lipinski definition) is 4. The van der Waals surface area contributed by atoms with E-state index < -0.39 is 0 Å². The highest BCUT2D eigenvalue weighted by atomic mass is 32.1. The molecule has 1 aromatic rings. The van der Waals surface area contributed by atoms with Gasteiger partial charge in [0.05, 0.1) is 19.6 Å². The number of thiophene rings is 1. The minimum atomic E-state index is -0.0541. The molecule has 0 aromatic carbocycles. The molecule has 0 aliphatic carbocycles. The van der Waals surface area contributed by atoms with Gasteiger partial charge in [0.15, 0.2) is 0 Å². The molecule has 118 valence electrons. The van der Waals surface area contributed by atoms with Gasteiger partial charge in [0.2, 0.25) is 11.8 Å². The first-order valence-electron chi connectivity index (χ1n) is 7.20. The molecule has 0 spiro atoms. The minimum absolute atomic E-state index is 0.0470. The SMILES string of the molecule is CCN(Cc1cccs1)C(=O)CN(C)CC(=O)NC(C)C. The van der Waals surface area contributed by atoms with Gasteiger partial charge in [-0.15, -0.1) is 11.3 Å². The summed E-state index contributed by atoms with van der Waals surface area (Å²) in [6, 6.07) is 4.13. The molecule has 0 bridgehead atoms. The average Bonchev–Trinajstić information content (AvgIpc) is 2.86. The number of carbonyl (C=O) groups is 2. The van der Waals surface area contributed by atoms with E-state index in [1.807, 2.05) is 43.2 Å². The highest BCUT2D eigenvalue weighted by molar-refractivity contribution is 7.09. The van der Waals surface area contributed by atoms with E-state index >= 15 is 0 Å². The van der Waals surface area contributed by atoms with Crippen LogP contribution in [-0.4, -0.2) is 54.3 Å². The largest absolute Gasteiger partial charge is 0.353 e. The van der Waals surface area contributed by atoms with Crippen molar-refractivity contribution < 1.29 is 9.59 Å². The first-order valence-corrected chi connectivity index (χ1v) is 8.08. The lowest BCUT2D eigenvalue weighted by Gasteiger charge is -2.24. The third kappa shape index (κ3) is 6.73. The molecule has 0 aliphatic heterocycles. The number of nitrogens with zero attached hydrogens (tertiary/aromatic N) is 2. The van der Waals surface area contributed by atoms with Crippen LogP contribution in [0.5, 0.6) is 0 Å². The molecule has 0 aliphatic rings. The molecule has 0 atom stereocenters. The van der Waals surface area contributed by atoms with Crippen molar-refractivity contribution in [1.82, 2.24) is 15.1 Å². The van der Waals surface area contributed by atoms with E-state index in [4.69, 9.17) is 0 Å². The summed E-state index contributed by atoms with van der Waals surface area (Å²) in [5.74, 6) is -0.00708. The molecular weight excluding hydrogens is 286 g/mol. The highest BCUT2D eigenvalue weighted by Gasteiger charge is 2.16. The van der Waals surface area contributed by atoms with Crippen LogP contribution in [0.15, 0.2) is 17.5 Å². The smallest absolute Gasteiger partial charge is 0.237 e. The van der Waals surface area contributed by atoms with E-state index in [9.17, 15) is 9.59 Å². The Morgan fingerprint density at radius 1 is 1.33 bits per heavy atom. The van der Waals surface area contributed by atoms with Crippen molar-refractivity contribution in [3.05, 3.63) is 22.4 Å². The molecule has 21 heavy (non-hydrogen) atoms. The summed E-state index contributed by atoms with van der Waals surface area (Å²) in [6.07, 6.45) is 0. The Morgan fingerprint density at radius 3 is 2.57 bits per heavy atom. The quantitative estimate of drug-likeness (QED) is 0.792. The van der Waals surface area contributed by atoms with Gasteiger partial charge < -0.3 is 10.2 Å². The van der Waals surface area contributed by atoms with E-state index in [0.29, 0.717) is 13.1 Å². The average molecular weight is 311 g/mol. The van der Waals surface area contributed by atoms with E-state index in [-0.39, 0.29) is 30.9 Å². The predicted octanol–water partition coefficient (Wildman–Crippen LogP) is 1.55. The maximum absolute atomic E-state index is 12.3. The van der Waals surface area contributed by atoms with Crippen LogP contribution in [-0.2, 0) is 16.1 Å². The number of amides is 2. The summed E-state index contributed by atoms with van der Waals surface area (Å²) >= 11 is 1.65. The number of rotatable bonds is 8. The first kappa shape index (κ1) is 17.7. The second kappa shape index (κ2) is 8.79. The van der Waals surface area contributed by atoms with Crippen LogP contribution < -0.4 is 5.32 Å². The van der Waals surface area contributed by atoms with Crippen molar-refractivity contribution in [2.45, 2.75) is 33.4 Å². The second-order valence-corrected chi connectivity index (χ2v) is 6.41. The van der Waals surface area contributed by atoms with Gasteiger partial charge in [0.1, 0.15) is 0 Å². The summed E-state index contributed by atoms with van der Waals surface area (Å²) in [4.78, 5) is 28.7. The molecule has 0 saturated carbocycles. The lowest BCUT2D eigenvalue weighted by atomic mass is 10.3. The highest BCUT2D eigenvalue weighted by Crippen LogP contribution is 2.11. The second-order valence-electron chi connectivity index (χ2n) is 5.38. The summed E-state index contributed by atoms with van der Waals surface area (Å²) in [5, 5.41) is 4.83. The summed E-state index contributed by atoms with van der Waals surface area (Å²) in [6.45, 7) is 7.61. The number of nitrogens with one attached hydrogen (secondary N) is 1. The number of likely N-dealkylation sites (N-methyl/N-ethyl adjacent to an activating group) is 2. The van der Waals surface area contributed by atoms with Crippen molar-refractivity contribution >= 4 is 23.2 Å². The third-order valence-corrected chi connectivity index (χ3v) is 3.79. The lowest BCUT2D eigenvalue weighted by Crippen LogP contribution is -2.43. The Balaban J connectivity index is 2.44. The summed E-state index contributed by atoms with van der Waals surface area (Å²) < 4.78 is 0. The van der Waals surface area contributed by atoms with E-state index in [1.54, 1.807) is 23.3 Å². The van der Waals surface area contributed by atoms with Crippen LogP contribution in [0.1, 0.15) is 25.6 Å². The van der Waals surface area contributed by atoms with Gasteiger partial charge in [0, 0.05) is 17.5 Å². The number of carbonyl (C=O) groups excluding carboxylic acids is 2. The van der Waals surface area contributed by atoms with Gasteiger partial charge >= 0.3 is 0 Å². The lowest BCUT2D eigenvalue weighted by molar-refractivity contribution is -0.133. The minimum Gasteiger partial charge on any atom is -0.353 e. The monoisotopic (exact) mass is 311 g/mol. The summed E-state index contributed by atoms with van der Waals surface area (Å²) in [5.41, 5.74) is 0. The van der Waals surface area contributed by atoms with Gasteiger partial charge in [-0.1, -0.05) is 6.07 Å². The van der Waals surface area contributed by atoms with Crippen molar-refractivity contribution in [2.24, 2.45) is 0 Å². The molecule has 1 rings (SSSR count). The molecule has 0 fully saturated rings. The maximum Gasteiger partial charge on any atom is 0.237 e. The molecule has 2 amide bonds. The van der Waals surface area contributed by atoms with Crippen LogP contribution in [0.25, 0.3) is 0 Å². The van der Waals surface area contributed by atoms with Gasteiger partial charge in [-0.25, -0.2) is 0 Å². The van der Waals surface area contributed by atoms with E-state index in [1.165, 1.54) is 4.88 Å². The summed E-state index contributed by atoms with van der Waals surface area (Å²) in [7, 11) is 1.79. The van der Waals surface area contributed by atoms with Gasteiger partial charge in [-0.05, 0) is 39.3 Å². The van der Waals surface area contributed by atoms with E-state index in [0.717, 1.165) is 0 Å². The van der Waals surface area contributed by atoms with Crippen LogP contribution in [0.4, 0.5) is 0 Å². The van der Waals surface area contributed by atoms with Crippen molar-refractivity contribution in [3.63, 3.8) is 0 Å². The van der Waals surface area contributed by atoms with Crippen LogP contribution in [0.3, 0.4) is 0 Å². The Labute approximate surface area is 130 Å². The Morgan fingerprint density at radius 2 is 2.05 bits per heavy atom. The van der Waals surface area contributed by atoms with Crippen molar-refractivity contribution in [2.75, 3.05) is 26.7 Å². The molecule has 1 N–H and O–H groups in total. The zero-order valence-corrected chi connectivity index (χ0v) is 14.1. The zero-order chi connectivity index (χ0) is 15.8. The molecule has 1 heterocycles. The molecule has 5 nitrogen and oxygen atoms in total. The molecule has 0 radical (unpaired) electrons. The normalized spacial score (nSPS) is 11.0. The van der Waals surface area contributed by atoms with Gasteiger partial charge in [-0.3, -0.25) is 14.5 Å². The van der Waals surface area contributed by atoms with Gasteiger partial charge in [0.25, 0.3) is 0 Å². The molecule has 0 saturated heterocycles. The Kier molecular flexibility index (Phi) is 7.39. The van der Waals surface area contributed by atoms with Gasteiger partial charge in [-0.2, -0.15) is 0 Å². The fourth-order valence-corrected chi connectivity index (χ4v) is 2.69.